The van der Waals surface area contributed by atoms with E-state index >= 15 is 0 Å². The molecule has 0 saturated heterocycles. The van der Waals surface area contributed by atoms with Crippen LogP contribution >= 0.6 is 0 Å². The van der Waals surface area contributed by atoms with Crippen molar-refractivity contribution in [2.24, 2.45) is 0 Å². The number of nitrogens with zero attached hydrogens (tertiary/aromatic N) is 4. The lowest BCUT2D eigenvalue weighted by molar-refractivity contribution is 0.240. The number of benzene rings is 1. The van der Waals surface area contributed by atoms with E-state index in [1.165, 1.54) is 11.3 Å². The monoisotopic (exact) mass is 441 g/mol. The van der Waals surface area contributed by atoms with Gasteiger partial charge in [0.1, 0.15) is 11.4 Å². The van der Waals surface area contributed by atoms with E-state index in [0.717, 1.165) is 41.5 Å². The molecule has 0 saturated carbocycles. The quantitative estimate of drug-likeness (QED) is 0.510. The molecule has 4 aromatic rings. The molecule has 7 heteroatoms. The maximum absolute atomic E-state index is 12.7. The van der Waals surface area contributed by atoms with E-state index in [4.69, 9.17) is 9.72 Å². The second kappa shape index (κ2) is 8.67. The highest BCUT2D eigenvalue weighted by Crippen LogP contribution is 2.29. The third kappa shape index (κ3) is 3.96. The number of pyridine rings is 1. The molecule has 0 amide bonds. The lowest BCUT2D eigenvalue weighted by Crippen LogP contribution is -2.35. The summed E-state index contributed by atoms with van der Waals surface area (Å²) in [5, 5.41) is 0. The Morgan fingerprint density at radius 1 is 1.12 bits per heavy atom. The summed E-state index contributed by atoms with van der Waals surface area (Å²) in [6, 6.07) is 15.9. The zero-order chi connectivity index (χ0) is 22.9. The molecule has 1 aliphatic rings. The normalized spacial score (nSPS) is 13.7. The number of H-pyrrole nitrogens is 1. The highest BCUT2D eigenvalue weighted by atomic mass is 16.5. The maximum Gasteiger partial charge on any atom is 0.254 e. The van der Waals surface area contributed by atoms with Gasteiger partial charge in [-0.15, -0.1) is 0 Å². The molecule has 1 aromatic carbocycles. The lowest BCUT2D eigenvalue weighted by atomic mass is 10.1. The summed E-state index contributed by atoms with van der Waals surface area (Å²) in [5.41, 5.74) is 6.89. The second-order valence-electron chi connectivity index (χ2n) is 8.42. The Kier molecular flexibility index (Phi) is 5.56. The molecule has 1 N–H and O–H groups in total. The predicted octanol–water partition coefficient (Wildman–Crippen LogP) is 3.81. The van der Waals surface area contributed by atoms with Crippen molar-refractivity contribution in [2.45, 2.75) is 33.4 Å². The number of fused-ring (bicyclic) bond motifs is 1. The molecule has 0 radical (unpaired) electrons. The Morgan fingerprint density at radius 3 is 2.73 bits per heavy atom. The van der Waals surface area contributed by atoms with Crippen LogP contribution in [0.4, 0.5) is 0 Å². The predicted molar refractivity (Wildman–Crippen MR) is 128 cm³/mol. The number of ether oxygens (including phenoxy) is 1. The molecule has 4 heterocycles. The zero-order valence-electron chi connectivity index (χ0n) is 19.1. The number of hydrogen-bond donors (Lipinski definition) is 1. The minimum atomic E-state index is -0.0605. The van der Waals surface area contributed by atoms with E-state index in [2.05, 4.69) is 45.4 Å². The van der Waals surface area contributed by atoms with E-state index in [1.54, 1.807) is 13.3 Å². The molecule has 0 atom stereocenters. The van der Waals surface area contributed by atoms with Gasteiger partial charge in [-0.3, -0.25) is 14.7 Å². The van der Waals surface area contributed by atoms with Crippen molar-refractivity contribution < 1.29 is 4.74 Å². The Bertz CT molecular complexity index is 1360. The molecule has 0 spiro atoms. The van der Waals surface area contributed by atoms with Crippen LogP contribution in [0.1, 0.15) is 28.2 Å². The van der Waals surface area contributed by atoms with Crippen LogP contribution in [0.25, 0.3) is 17.2 Å². The molecular weight excluding hydrogens is 414 g/mol. The third-order valence-electron chi connectivity index (χ3n) is 6.32. The summed E-state index contributed by atoms with van der Waals surface area (Å²) in [4.78, 5) is 27.0. The molecule has 3 aromatic heterocycles. The number of rotatable bonds is 5. The van der Waals surface area contributed by atoms with Crippen LogP contribution in [-0.2, 0) is 19.5 Å². The first kappa shape index (κ1) is 21.2. The van der Waals surface area contributed by atoms with Crippen LogP contribution in [0.5, 0.6) is 5.75 Å². The van der Waals surface area contributed by atoms with Gasteiger partial charge in [0.25, 0.3) is 5.56 Å². The molecule has 168 valence electrons. The fraction of sp³-hybridized carbons (Fsp3) is 0.269. The molecule has 0 unspecified atom stereocenters. The van der Waals surface area contributed by atoms with Crippen LogP contribution < -0.4 is 10.3 Å². The summed E-state index contributed by atoms with van der Waals surface area (Å²) in [5.74, 6) is 1.37. The van der Waals surface area contributed by atoms with Gasteiger partial charge in [0, 0.05) is 42.8 Å². The second-order valence-corrected chi connectivity index (χ2v) is 8.42. The van der Waals surface area contributed by atoms with E-state index in [9.17, 15) is 4.79 Å². The number of methoxy groups -OCH3 is 1. The van der Waals surface area contributed by atoms with Crippen molar-refractivity contribution in [1.82, 2.24) is 24.4 Å². The number of nitrogens with one attached hydrogen (secondary N) is 1. The van der Waals surface area contributed by atoms with E-state index in [-0.39, 0.29) is 5.56 Å². The average Bonchev–Trinajstić information content (AvgIpc) is 3.11. The van der Waals surface area contributed by atoms with Gasteiger partial charge in [0.05, 0.1) is 18.5 Å². The average molecular weight is 442 g/mol. The Labute approximate surface area is 192 Å². The fourth-order valence-electron chi connectivity index (χ4n) is 4.67. The first-order chi connectivity index (χ1) is 16.0. The van der Waals surface area contributed by atoms with E-state index in [0.29, 0.717) is 24.5 Å². The molecule has 0 fully saturated rings. The van der Waals surface area contributed by atoms with Crippen LogP contribution in [0.3, 0.4) is 0 Å². The highest BCUT2D eigenvalue weighted by Gasteiger charge is 2.23. The molecular formula is C26H27N5O2. The van der Waals surface area contributed by atoms with Crippen molar-refractivity contribution in [2.75, 3.05) is 13.7 Å². The minimum Gasteiger partial charge on any atom is -0.495 e. The van der Waals surface area contributed by atoms with Gasteiger partial charge >= 0.3 is 0 Å². The summed E-state index contributed by atoms with van der Waals surface area (Å²) in [6.45, 7) is 6.52. The smallest absolute Gasteiger partial charge is 0.254 e. The van der Waals surface area contributed by atoms with Gasteiger partial charge in [-0.1, -0.05) is 18.2 Å². The zero-order valence-corrected chi connectivity index (χ0v) is 19.1. The van der Waals surface area contributed by atoms with Crippen LogP contribution in [0.15, 0.2) is 59.5 Å². The standard InChI is InChI=1S/C26H27N5O2/c1-17-14-19(18(2)31(17)23-9-4-5-10-24(23)33-3)15-30-13-11-20-22(16-30)28-25(29-26(20)32)21-8-6-7-12-27-21/h4-10,12,14H,11,13,15-16H2,1-3H3,(H,28,29,32). The number of aromatic nitrogens is 4. The van der Waals surface area contributed by atoms with Crippen LogP contribution in [0.2, 0.25) is 0 Å². The van der Waals surface area contributed by atoms with Crippen molar-refractivity contribution in [3.63, 3.8) is 0 Å². The first-order valence-corrected chi connectivity index (χ1v) is 11.1. The molecule has 0 bridgehead atoms. The molecule has 7 nitrogen and oxygen atoms in total. The molecule has 33 heavy (non-hydrogen) atoms. The first-order valence-electron chi connectivity index (χ1n) is 11.1. The van der Waals surface area contributed by atoms with E-state index in [1.807, 2.05) is 36.4 Å². The number of para-hydroxylation sites is 2. The van der Waals surface area contributed by atoms with Gasteiger partial charge in [0.15, 0.2) is 5.82 Å². The number of aromatic amines is 1. The van der Waals surface area contributed by atoms with Gasteiger partial charge in [-0.2, -0.15) is 0 Å². The largest absolute Gasteiger partial charge is 0.495 e. The third-order valence-corrected chi connectivity index (χ3v) is 6.32. The molecule has 0 aliphatic carbocycles. The summed E-state index contributed by atoms with van der Waals surface area (Å²) in [6.07, 6.45) is 2.39. The van der Waals surface area contributed by atoms with Gasteiger partial charge in [-0.25, -0.2) is 4.98 Å². The topological polar surface area (TPSA) is 76.0 Å². The molecule has 1 aliphatic heterocycles. The van der Waals surface area contributed by atoms with Crippen LogP contribution in [0, 0.1) is 13.8 Å². The number of aryl methyl sites for hydroxylation is 1. The van der Waals surface area contributed by atoms with Crippen LogP contribution in [-0.4, -0.2) is 38.1 Å². The van der Waals surface area contributed by atoms with Crippen molar-refractivity contribution >= 4 is 0 Å². The summed E-state index contributed by atoms with van der Waals surface area (Å²) >= 11 is 0. The van der Waals surface area contributed by atoms with Crippen molar-refractivity contribution in [3.8, 4) is 23.0 Å². The van der Waals surface area contributed by atoms with Gasteiger partial charge in [-0.05, 0) is 56.2 Å². The van der Waals surface area contributed by atoms with Crippen molar-refractivity contribution in [3.05, 3.63) is 93.3 Å². The summed E-state index contributed by atoms with van der Waals surface area (Å²) in [7, 11) is 1.70. The number of hydrogen-bond acceptors (Lipinski definition) is 5. The van der Waals surface area contributed by atoms with Gasteiger partial charge < -0.3 is 14.3 Å². The summed E-state index contributed by atoms with van der Waals surface area (Å²) < 4.78 is 7.83. The highest BCUT2D eigenvalue weighted by molar-refractivity contribution is 5.51. The fourth-order valence-corrected chi connectivity index (χ4v) is 4.67. The molecule has 5 rings (SSSR count). The Morgan fingerprint density at radius 2 is 1.94 bits per heavy atom. The Hall–Kier alpha value is -3.71. The van der Waals surface area contributed by atoms with Gasteiger partial charge in [0.2, 0.25) is 0 Å². The minimum absolute atomic E-state index is 0.0605. The lowest BCUT2D eigenvalue weighted by Gasteiger charge is -2.27. The SMILES string of the molecule is COc1ccccc1-n1c(C)cc(CN2CCc3c(nc(-c4ccccn4)[nH]c3=O)C2)c1C. The van der Waals surface area contributed by atoms with E-state index < -0.39 is 0 Å². The maximum atomic E-state index is 12.7. The Balaban J connectivity index is 1.43. The van der Waals surface area contributed by atoms with Crippen molar-refractivity contribution in [1.29, 1.82) is 0 Å².